The van der Waals surface area contributed by atoms with Crippen molar-refractivity contribution in [2.45, 2.75) is 12.8 Å². The van der Waals surface area contributed by atoms with Gasteiger partial charge in [-0.3, -0.25) is 0 Å². The van der Waals surface area contributed by atoms with Crippen LogP contribution in [0.5, 0.6) is 0 Å². The summed E-state index contributed by atoms with van der Waals surface area (Å²) in [6.45, 7) is 0. The minimum absolute atomic E-state index is 0.612. The number of nitrogens with zero attached hydrogens (tertiary/aromatic N) is 5. The zero-order chi connectivity index (χ0) is 37.5. The van der Waals surface area contributed by atoms with E-state index in [-0.39, 0.29) is 0 Å². The summed E-state index contributed by atoms with van der Waals surface area (Å²) in [5.74, 6) is 3.48. The van der Waals surface area contributed by atoms with E-state index in [0.717, 1.165) is 89.5 Å². The summed E-state index contributed by atoms with van der Waals surface area (Å²) in [6.07, 6.45) is 6.14. The monoisotopic (exact) mass is 767 g/mol. The van der Waals surface area contributed by atoms with Crippen LogP contribution >= 0.6 is 22.7 Å². The zero-order valence-corrected chi connectivity index (χ0v) is 31.9. The van der Waals surface area contributed by atoms with E-state index >= 15 is 0 Å². The van der Waals surface area contributed by atoms with Crippen LogP contribution in [-0.2, 0) is 6.42 Å². The molecule has 0 unspecified atom stereocenters. The first kappa shape index (κ1) is 32.4. The maximum Gasteiger partial charge on any atom is 0.164 e. The van der Waals surface area contributed by atoms with Gasteiger partial charge in [0.1, 0.15) is 11.3 Å². The van der Waals surface area contributed by atoms with E-state index in [2.05, 4.69) is 103 Å². The Hall–Kier alpha value is -6.87. The lowest BCUT2D eigenvalue weighted by Crippen LogP contribution is -2.01. The molecule has 5 heterocycles. The zero-order valence-electron chi connectivity index (χ0n) is 30.3. The number of aryl methyl sites for hydroxylation is 1. The molecule has 57 heavy (non-hydrogen) atoms. The molecule has 12 rings (SSSR count). The first-order valence-electron chi connectivity index (χ1n) is 19.0. The number of allylic oxidation sites excluding steroid dienone is 1. The van der Waals surface area contributed by atoms with Crippen molar-refractivity contribution in [3.05, 3.63) is 157 Å². The Morgan fingerprint density at radius 2 is 1.18 bits per heavy atom. The molecular weight excluding hydrogens is 739 g/mol. The van der Waals surface area contributed by atoms with Gasteiger partial charge in [-0.15, -0.1) is 22.7 Å². The Kier molecular flexibility index (Phi) is 7.30. The molecule has 6 nitrogen and oxygen atoms in total. The molecule has 5 aromatic heterocycles. The maximum atomic E-state index is 6.32. The van der Waals surface area contributed by atoms with Crippen LogP contribution in [0.15, 0.2) is 150 Å². The van der Waals surface area contributed by atoms with Crippen LogP contribution in [0.25, 0.3) is 114 Å². The van der Waals surface area contributed by atoms with Gasteiger partial charge >= 0.3 is 0 Å². The maximum absolute atomic E-state index is 6.32. The molecule has 1 aliphatic carbocycles. The normalized spacial score (nSPS) is 12.7. The van der Waals surface area contributed by atoms with Gasteiger partial charge in [0.25, 0.3) is 0 Å². The first-order chi connectivity index (χ1) is 28.2. The second kappa shape index (κ2) is 12.8. The summed E-state index contributed by atoms with van der Waals surface area (Å²) in [7, 11) is 0. The van der Waals surface area contributed by atoms with Gasteiger partial charge in [0, 0.05) is 69.0 Å². The van der Waals surface area contributed by atoms with Crippen molar-refractivity contribution in [3.8, 4) is 56.8 Å². The number of hydrogen-bond acceptors (Lipinski definition) is 8. The number of thiophene rings is 2. The highest BCUT2D eigenvalue weighted by Crippen LogP contribution is 2.44. The van der Waals surface area contributed by atoms with Crippen LogP contribution < -0.4 is 0 Å². The first-order valence-corrected chi connectivity index (χ1v) is 20.6. The van der Waals surface area contributed by atoms with Crippen molar-refractivity contribution >= 4 is 80.2 Å². The van der Waals surface area contributed by atoms with Crippen molar-refractivity contribution in [2.75, 3.05) is 0 Å². The Labute approximate surface area is 334 Å². The lowest BCUT2D eigenvalue weighted by Gasteiger charge is -2.11. The molecule has 0 N–H and O–H groups in total. The molecule has 0 amide bonds. The Morgan fingerprint density at radius 3 is 2.04 bits per heavy atom. The van der Waals surface area contributed by atoms with Gasteiger partial charge in [-0.1, -0.05) is 109 Å². The quantitative estimate of drug-likeness (QED) is 0.174. The van der Waals surface area contributed by atoms with E-state index in [1.807, 2.05) is 48.5 Å². The summed E-state index contributed by atoms with van der Waals surface area (Å²) in [4.78, 5) is 26.2. The van der Waals surface area contributed by atoms with Crippen molar-refractivity contribution in [2.24, 2.45) is 0 Å². The van der Waals surface area contributed by atoms with E-state index in [1.54, 1.807) is 22.7 Å². The fourth-order valence-electron chi connectivity index (χ4n) is 8.22. The SMILES string of the molecule is C1=Cc2oc3cccc(-c4nc(-c5ccccc5)nc(-c5ccc6sc7cccc(-c8nc(-c9ccccc9)c9sc%10ccccc%10c9n8)c7c6c5)n4)c3c2CC1. The van der Waals surface area contributed by atoms with Crippen LogP contribution in [0.3, 0.4) is 0 Å². The summed E-state index contributed by atoms with van der Waals surface area (Å²) in [5.41, 5.74) is 8.83. The topological polar surface area (TPSA) is 77.6 Å². The van der Waals surface area contributed by atoms with Gasteiger partial charge in [0.2, 0.25) is 0 Å². The molecule has 0 aliphatic heterocycles. The van der Waals surface area contributed by atoms with Gasteiger partial charge in [-0.25, -0.2) is 24.9 Å². The minimum atomic E-state index is 0.612. The largest absolute Gasteiger partial charge is 0.456 e. The molecule has 1 aliphatic rings. The highest BCUT2D eigenvalue weighted by molar-refractivity contribution is 7.26. The Morgan fingerprint density at radius 1 is 0.491 bits per heavy atom. The average molecular weight is 768 g/mol. The highest BCUT2D eigenvalue weighted by atomic mass is 32.1. The molecule has 0 radical (unpaired) electrons. The van der Waals surface area contributed by atoms with E-state index in [1.165, 1.54) is 19.7 Å². The lowest BCUT2D eigenvalue weighted by atomic mass is 9.97. The van der Waals surface area contributed by atoms with Crippen LogP contribution in [0, 0.1) is 0 Å². The van der Waals surface area contributed by atoms with Gasteiger partial charge in [0.15, 0.2) is 23.3 Å². The molecule has 0 saturated carbocycles. The van der Waals surface area contributed by atoms with Crippen LogP contribution in [-0.4, -0.2) is 24.9 Å². The molecule has 0 atom stereocenters. The summed E-state index contributed by atoms with van der Waals surface area (Å²) >= 11 is 3.53. The third-order valence-corrected chi connectivity index (χ3v) is 13.1. The van der Waals surface area contributed by atoms with Crippen LogP contribution in [0.1, 0.15) is 17.7 Å². The third-order valence-electron chi connectivity index (χ3n) is 10.8. The number of furan rings is 1. The smallest absolute Gasteiger partial charge is 0.164 e. The fraction of sp³-hybridized carbons (Fsp3) is 0.0408. The van der Waals surface area contributed by atoms with Gasteiger partial charge in [-0.2, -0.15) is 0 Å². The predicted octanol–water partition coefficient (Wildman–Crippen LogP) is 13.4. The number of hydrogen-bond donors (Lipinski definition) is 0. The molecule has 268 valence electrons. The van der Waals surface area contributed by atoms with Crippen molar-refractivity contribution in [3.63, 3.8) is 0 Å². The number of benzene rings is 6. The summed E-state index contributed by atoms with van der Waals surface area (Å²) in [6, 6.07) is 48.3. The Balaban J connectivity index is 1.08. The second-order valence-electron chi connectivity index (χ2n) is 14.3. The summed E-state index contributed by atoms with van der Waals surface area (Å²) < 4.78 is 11.0. The van der Waals surface area contributed by atoms with Crippen LogP contribution in [0.2, 0.25) is 0 Å². The number of fused-ring (bicyclic) bond motifs is 9. The van der Waals surface area contributed by atoms with Gasteiger partial charge in [-0.05, 0) is 55.3 Å². The molecule has 11 aromatic rings. The van der Waals surface area contributed by atoms with Gasteiger partial charge < -0.3 is 4.42 Å². The van der Waals surface area contributed by atoms with Crippen molar-refractivity contribution in [1.29, 1.82) is 0 Å². The van der Waals surface area contributed by atoms with Gasteiger partial charge in [0.05, 0.1) is 15.9 Å². The predicted molar refractivity (Wildman–Crippen MR) is 236 cm³/mol. The summed E-state index contributed by atoms with van der Waals surface area (Å²) in [5, 5.41) is 4.45. The number of rotatable bonds is 5. The minimum Gasteiger partial charge on any atom is -0.456 e. The van der Waals surface area contributed by atoms with E-state index in [4.69, 9.17) is 29.3 Å². The molecular formula is C49H29N5OS2. The molecule has 0 fully saturated rings. The third kappa shape index (κ3) is 5.25. The second-order valence-corrected chi connectivity index (χ2v) is 16.4. The molecule has 0 saturated heterocycles. The van der Waals surface area contributed by atoms with Crippen molar-refractivity contribution < 1.29 is 4.42 Å². The van der Waals surface area contributed by atoms with Crippen molar-refractivity contribution in [1.82, 2.24) is 24.9 Å². The standard InChI is InChI=1S/C49H29N5OS2/c1-3-13-28(14-4-1)43-45-44(32-18-8-10-23-38(32)57-45)51-48(50-43)34-20-12-24-40-42(34)35-27-30(25-26-39(35)56-40)47-52-46(29-15-5-2-6-16-29)53-49(54-47)33-19-11-22-37-41(33)31-17-7-9-21-36(31)55-37/h1-6,8-16,18-27H,7,17H2. The highest BCUT2D eigenvalue weighted by Gasteiger charge is 2.23. The van der Waals surface area contributed by atoms with E-state index in [0.29, 0.717) is 23.3 Å². The molecule has 0 spiro atoms. The fourth-order valence-corrected chi connectivity index (χ4v) is 10.5. The molecule has 8 heteroatoms. The Bertz CT molecular complexity index is 3420. The average Bonchev–Trinajstić information content (AvgIpc) is 3.97. The van der Waals surface area contributed by atoms with E-state index < -0.39 is 0 Å². The van der Waals surface area contributed by atoms with E-state index in [9.17, 15) is 0 Å². The molecule has 6 aromatic carbocycles. The molecule has 0 bridgehead atoms. The van der Waals surface area contributed by atoms with Crippen LogP contribution in [0.4, 0.5) is 0 Å². The number of aromatic nitrogens is 5. The lowest BCUT2D eigenvalue weighted by molar-refractivity contribution is 0.595.